The monoisotopic (exact) mass is 418 g/mol. The van der Waals surface area contributed by atoms with Crippen LogP contribution < -0.4 is 32.7 Å². The van der Waals surface area contributed by atoms with Gasteiger partial charge >= 0.3 is 12.0 Å². The predicted molar refractivity (Wildman–Crippen MR) is 101 cm³/mol. The van der Waals surface area contributed by atoms with Crippen molar-refractivity contribution in [1.29, 1.82) is 0 Å². The highest BCUT2D eigenvalue weighted by Gasteiger charge is 2.28. The van der Waals surface area contributed by atoms with Crippen molar-refractivity contribution in [2.75, 3.05) is 19.7 Å². The molecule has 0 aromatic rings. The number of primary amides is 1. The fourth-order valence-corrected chi connectivity index (χ4v) is 2.18. The fourth-order valence-electron chi connectivity index (χ4n) is 2.18. The van der Waals surface area contributed by atoms with Crippen LogP contribution in [-0.2, 0) is 19.2 Å². The summed E-state index contributed by atoms with van der Waals surface area (Å²) in [7, 11) is 0. The number of nitrogens with one attached hydrogen (secondary N) is 4. The lowest BCUT2D eigenvalue weighted by atomic mass is 10.0. The number of amides is 5. The lowest BCUT2D eigenvalue weighted by Crippen LogP contribution is -2.55. The van der Waals surface area contributed by atoms with Crippen molar-refractivity contribution >= 4 is 29.7 Å². The van der Waals surface area contributed by atoms with E-state index in [1.807, 2.05) is 0 Å². The maximum absolute atomic E-state index is 12.4. The molecule has 29 heavy (non-hydrogen) atoms. The second-order valence-corrected chi connectivity index (χ2v) is 6.63. The van der Waals surface area contributed by atoms with Gasteiger partial charge in [-0.25, -0.2) is 9.59 Å². The molecule has 5 amide bonds. The molecule has 0 fully saturated rings. The third-order valence-electron chi connectivity index (χ3n) is 3.81. The van der Waals surface area contributed by atoms with Gasteiger partial charge in [0.2, 0.25) is 17.7 Å². The lowest BCUT2D eigenvalue weighted by Gasteiger charge is -2.24. The number of aliphatic hydroxyl groups excluding tert-OH is 1. The Labute approximate surface area is 167 Å². The molecule has 0 aromatic heterocycles. The second-order valence-electron chi connectivity index (χ2n) is 6.63. The summed E-state index contributed by atoms with van der Waals surface area (Å²) in [5.41, 5.74) is 10.2. The molecule has 0 aliphatic carbocycles. The molecule has 13 nitrogen and oxygen atoms in total. The first-order valence-electron chi connectivity index (χ1n) is 8.99. The number of hydrogen-bond donors (Lipinski definition) is 8. The van der Waals surface area contributed by atoms with Crippen LogP contribution in [0.15, 0.2) is 0 Å². The zero-order chi connectivity index (χ0) is 22.6. The first kappa shape index (κ1) is 26.1. The van der Waals surface area contributed by atoms with E-state index in [-0.39, 0.29) is 25.3 Å². The number of aliphatic carboxylic acids is 1. The van der Waals surface area contributed by atoms with Crippen LogP contribution in [0.25, 0.3) is 0 Å². The number of nitrogens with two attached hydrogens (primary N) is 2. The fraction of sp³-hybridized carbons (Fsp3) is 0.688. The molecule has 0 unspecified atom stereocenters. The molecule has 0 heterocycles. The van der Waals surface area contributed by atoms with Gasteiger partial charge in [0.25, 0.3) is 0 Å². The first-order valence-corrected chi connectivity index (χ1v) is 8.99. The molecule has 0 aliphatic heterocycles. The number of carbonyl (C=O) groups excluding carboxylic acids is 4. The Balaban J connectivity index is 4.76. The van der Waals surface area contributed by atoms with Gasteiger partial charge in [-0.3, -0.25) is 14.4 Å². The third-order valence-corrected chi connectivity index (χ3v) is 3.81. The number of aliphatic hydroxyl groups is 1. The Kier molecular flexibility index (Phi) is 11.9. The van der Waals surface area contributed by atoms with E-state index in [0.717, 1.165) is 0 Å². The van der Waals surface area contributed by atoms with Gasteiger partial charge in [-0.1, -0.05) is 13.8 Å². The van der Waals surface area contributed by atoms with Crippen LogP contribution >= 0.6 is 0 Å². The van der Waals surface area contributed by atoms with Gasteiger partial charge in [0.05, 0.1) is 13.2 Å². The Bertz CT molecular complexity index is 598. The molecular weight excluding hydrogens is 388 g/mol. The lowest BCUT2D eigenvalue weighted by molar-refractivity contribution is -0.142. The van der Waals surface area contributed by atoms with E-state index in [2.05, 4.69) is 21.3 Å². The van der Waals surface area contributed by atoms with Crippen LogP contribution in [0, 0.1) is 5.92 Å². The van der Waals surface area contributed by atoms with Crippen molar-refractivity contribution in [3.05, 3.63) is 0 Å². The zero-order valence-corrected chi connectivity index (χ0v) is 16.4. The van der Waals surface area contributed by atoms with Crippen LogP contribution in [0.1, 0.15) is 26.7 Å². The van der Waals surface area contributed by atoms with Crippen molar-refractivity contribution in [2.24, 2.45) is 17.4 Å². The second kappa shape index (κ2) is 13.3. The third kappa shape index (κ3) is 10.8. The molecule has 0 rings (SSSR count). The minimum absolute atomic E-state index is 0.0369. The van der Waals surface area contributed by atoms with Crippen molar-refractivity contribution in [3.8, 4) is 0 Å². The topological polar surface area (TPSA) is 226 Å². The summed E-state index contributed by atoms with van der Waals surface area (Å²) in [6.45, 7) is 2.39. The van der Waals surface area contributed by atoms with Crippen molar-refractivity contribution in [1.82, 2.24) is 21.3 Å². The summed E-state index contributed by atoms with van der Waals surface area (Å²) in [6, 6.07) is -4.18. The molecule has 0 aromatic carbocycles. The molecule has 0 aliphatic rings. The number of carboxylic acid groups (broad SMARTS) is 1. The molecule has 0 bridgehead atoms. The molecule has 13 heteroatoms. The Morgan fingerprint density at radius 2 is 1.62 bits per heavy atom. The highest BCUT2D eigenvalue weighted by Crippen LogP contribution is 2.05. The van der Waals surface area contributed by atoms with Gasteiger partial charge in [0, 0.05) is 6.54 Å². The smallest absolute Gasteiger partial charge is 0.326 e. The quantitative estimate of drug-likeness (QED) is 0.140. The average molecular weight is 418 g/mol. The minimum Gasteiger partial charge on any atom is -0.480 e. The summed E-state index contributed by atoms with van der Waals surface area (Å²) in [5.74, 6) is -3.77. The SMILES string of the molecule is CC(C)[C@H](NC(=O)CNC(=O)[C@@H](N)CO)C(=O)N[C@@H](CCCNC(N)=O)C(=O)O. The number of hydrogen-bond acceptors (Lipinski definition) is 7. The van der Waals surface area contributed by atoms with Crippen LogP contribution in [0.3, 0.4) is 0 Å². The predicted octanol–water partition coefficient (Wildman–Crippen LogP) is -3.42. The number of carboxylic acids is 1. The Hall–Kier alpha value is -2.93. The van der Waals surface area contributed by atoms with E-state index in [1.54, 1.807) is 13.8 Å². The van der Waals surface area contributed by atoms with Crippen LogP contribution in [0.5, 0.6) is 0 Å². The van der Waals surface area contributed by atoms with Gasteiger partial charge in [0.1, 0.15) is 18.1 Å². The maximum atomic E-state index is 12.4. The molecule has 0 saturated heterocycles. The van der Waals surface area contributed by atoms with E-state index in [1.165, 1.54) is 0 Å². The summed E-state index contributed by atoms with van der Waals surface area (Å²) in [6.07, 6.45) is 0.297. The first-order chi connectivity index (χ1) is 13.5. The van der Waals surface area contributed by atoms with E-state index >= 15 is 0 Å². The standard InChI is InChI=1S/C16H30N6O7/c1-8(2)12(22-11(24)6-20-13(25)9(17)7-23)14(26)21-10(15(27)28)4-3-5-19-16(18)29/h8-10,12,23H,3-7,17H2,1-2H3,(H,20,25)(H,21,26)(H,22,24)(H,27,28)(H3,18,19,29)/t9-,10-,12-/m0/s1. The highest BCUT2D eigenvalue weighted by molar-refractivity contribution is 5.92. The van der Waals surface area contributed by atoms with Crippen LogP contribution in [0.4, 0.5) is 4.79 Å². The zero-order valence-electron chi connectivity index (χ0n) is 16.4. The number of carbonyl (C=O) groups is 5. The minimum atomic E-state index is -1.27. The van der Waals surface area contributed by atoms with Crippen LogP contribution in [-0.4, -0.2) is 77.8 Å². The normalized spacial score (nSPS) is 13.7. The van der Waals surface area contributed by atoms with Crippen molar-refractivity contribution < 1.29 is 34.2 Å². The summed E-state index contributed by atoms with van der Waals surface area (Å²) in [5, 5.41) is 27.3. The largest absolute Gasteiger partial charge is 0.480 e. The number of urea groups is 1. The van der Waals surface area contributed by atoms with Gasteiger partial charge < -0.3 is 42.9 Å². The Morgan fingerprint density at radius 3 is 2.10 bits per heavy atom. The highest BCUT2D eigenvalue weighted by atomic mass is 16.4. The van der Waals surface area contributed by atoms with E-state index in [9.17, 15) is 29.1 Å². The summed E-state index contributed by atoms with van der Waals surface area (Å²) >= 11 is 0. The van der Waals surface area contributed by atoms with E-state index < -0.39 is 61.0 Å². The molecule has 166 valence electrons. The summed E-state index contributed by atoms with van der Waals surface area (Å²) < 4.78 is 0. The van der Waals surface area contributed by atoms with E-state index in [0.29, 0.717) is 0 Å². The molecule has 0 radical (unpaired) electrons. The average Bonchev–Trinajstić information content (AvgIpc) is 2.64. The van der Waals surface area contributed by atoms with E-state index in [4.69, 9.17) is 16.6 Å². The molecule has 3 atom stereocenters. The van der Waals surface area contributed by atoms with Gasteiger partial charge in [0.15, 0.2) is 0 Å². The molecule has 0 saturated carbocycles. The van der Waals surface area contributed by atoms with Gasteiger partial charge in [-0.05, 0) is 18.8 Å². The van der Waals surface area contributed by atoms with Gasteiger partial charge in [-0.2, -0.15) is 0 Å². The molecule has 10 N–H and O–H groups in total. The van der Waals surface area contributed by atoms with Crippen molar-refractivity contribution in [3.63, 3.8) is 0 Å². The number of rotatable bonds is 13. The summed E-state index contributed by atoms with van der Waals surface area (Å²) in [4.78, 5) is 57.9. The molecule has 0 spiro atoms. The van der Waals surface area contributed by atoms with Gasteiger partial charge in [-0.15, -0.1) is 0 Å². The maximum Gasteiger partial charge on any atom is 0.326 e. The van der Waals surface area contributed by atoms with Crippen LogP contribution in [0.2, 0.25) is 0 Å². The Morgan fingerprint density at radius 1 is 1.00 bits per heavy atom. The molecular formula is C16H30N6O7. The van der Waals surface area contributed by atoms with Crippen molar-refractivity contribution in [2.45, 2.75) is 44.8 Å².